The maximum atomic E-state index is 11.9. The van der Waals surface area contributed by atoms with Crippen LogP contribution >= 0.6 is 0 Å². The number of rotatable bonds is 9. The van der Waals surface area contributed by atoms with E-state index >= 15 is 0 Å². The van der Waals surface area contributed by atoms with Gasteiger partial charge in [0.15, 0.2) is 0 Å². The minimum Gasteiger partial charge on any atom is -0.481 e. The lowest BCUT2D eigenvalue weighted by Gasteiger charge is -2.11. The number of allylic oxidation sites excluding steroid dienone is 1. The first kappa shape index (κ1) is 16.7. The zero-order chi connectivity index (χ0) is 14.0. The highest BCUT2D eigenvalue weighted by Gasteiger charge is 2.18. The largest absolute Gasteiger partial charge is 0.481 e. The highest BCUT2D eigenvalue weighted by molar-refractivity contribution is 5.94. The minimum absolute atomic E-state index is 0.246. The zero-order valence-corrected chi connectivity index (χ0v) is 11.6. The second-order valence-corrected chi connectivity index (χ2v) is 4.20. The normalized spacial score (nSPS) is 9.94. The SMILES string of the molecule is CCCCCOC(=O)C(CC(=O)O)=C(CC)CC. The molecule has 0 heterocycles. The standard InChI is InChI=1S/C14H24O4/c1-4-7-8-9-18-14(17)12(10-13(15)16)11(5-2)6-3/h4-10H2,1-3H3,(H,15,16). The van der Waals surface area contributed by atoms with Crippen LogP contribution in [0.1, 0.15) is 59.3 Å². The van der Waals surface area contributed by atoms with E-state index in [0.29, 0.717) is 25.0 Å². The van der Waals surface area contributed by atoms with Crippen LogP contribution in [0.2, 0.25) is 0 Å². The van der Waals surface area contributed by atoms with Crippen LogP contribution in [-0.2, 0) is 14.3 Å². The summed E-state index contributed by atoms with van der Waals surface area (Å²) in [4.78, 5) is 22.6. The van der Waals surface area contributed by atoms with Gasteiger partial charge in [-0.25, -0.2) is 4.79 Å². The molecule has 0 rings (SSSR count). The molecular formula is C14H24O4. The third-order valence-corrected chi connectivity index (χ3v) is 2.84. The number of carboxylic acid groups (broad SMARTS) is 1. The third kappa shape index (κ3) is 6.42. The van der Waals surface area contributed by atoms with Gasteiger partial charge in [0, 0.05) is 5.57 Å². The van der Waals surface area contributed by atoms with Crippen molar-refractivity contribution in [2.75, 3.05) is 6.61 Å². The van der Waals surface area contributed by atoms with Crippen molar-refractivity contribution in [3.63, 3.8) is 0 Å². The number of unbranched alkanes of at least 4 members (excludes halogenated alkanes) is 2. The number of carboxylic acids is 1. The molecule has 0 saturated heterocycles. The molecule has 0 aromatic carbocycles. The van der Waals surface area contributed by atoms with E-state index in [4.69, 9.17) is 9.84 Å². The lowest BCUT2D eigenvalue weighted by atomic mass is 10.0. The van der Waals surface area contributed by atoms with Crippen molar-refractivity contribution < 1.29 is 19.4 Å². The molecule has 0 aliphatic rings. The first-order chi connectivity index (χ1) is 8.56. The fourth-order valence-corrected chi connectivity index (χ4v) is 1.77. The summed E-state index contributed by atoms with van der Waals surface area (Å²) < 4.78 is 5.13. The number of ether oxygens (including phenoxy) is 1. The van der Waals surface area contributed by atoms with Gasteiger partial charge in [0.05, 0.1) is 13.0 Å². The van der Waals surface area contributed by atoms with E-state index in [9.17, 15) is 9.59 Å². The van der Waals surface area contributed by atoms with Crippen molar-refractivity contribution >= 4 is 11.9 Å². The molecule has 0 saturated carbocycles. The van der Waals surface area contributed by atoms with Crippen molar-refractivity contribution in [2.45, 2.75) is 59.3 Å². The van der Waals surface area contributed by atoms with E-state index in [1.165, 1.54) is 0 Å². The number of esters is 1. The Labute approximate surface area is 109 Å². The molecule has 0 radical (unpaired) electrons. The van der Waals surface area contributed by atoms with Crippen LogP contribution in [0, 0.1) is 0 Å². The number of hydrogen-bond acceptors (Lipinski definition) is 3. The fraction of sp³-hybridized carbons (Fsp3) is 0.714. The molecule has 4 nitrogen and oxygen atoms in total. The van der Waals surface area contributed by atoms with Crippen LogP contribution in [-0.4, -0.2) is 23.7 Å². The highest BCUT2D eigenvalue weighted by Crippen LogP contribution is 2.18. The van der Waals surface area contributed by atoms with Crippen molar-refractivity contribution in [1.29, 1.82) is 0 Å². The van der Waals surface area contributed by atoms with Gasteiger partial charge in [0.25, 0.3) is 0 Å². The number of hydrogen-bond donors (Lipinski definition) is 1. The molecule has 4 heteroatoms. The predicted molar refractivity (Wildman–Crippen MR) is 70.3 cm³/mol. The average Bonchev–Trinajstić information content (AvgIpc) is 2.34. The molecule has 0 fully saturated rings. The average molecular weight is 256 g/mol. The predicted octanol–water partition coefficient (Wildman–Crippen LogP) is 3.31. The van der Waals surface area contributed by atoms with Gasteiger partial charge in [0.2, 0.25) is 0 Å². The van der Waals surface area contributed by atoms with E-state index in [0.717, 1.165) is 24.8 Å². The molecule has 0 amide bonds. The maximum Gasteiger partial charge on any atom is 0.334 e. The molecule has 0 aliphatic carbocycles. The Bertz CT molecular complexity index is 299. The van der Waals surface area contributed by atoms with E-state index in [-0.39, 0.29) is 6.42 Å². The Morgan fingerprint density at radius 1 is 1.06 bits per heavy atom. The Morgan fingerprint density at radius 2 is 1.67 bits per heavy atom. The number of carbonyl (C=O) groups is 2. The summed E-state index contributed by atoms with van der Waals surface area (Å²) in [6, 6.07) is 0. The van der Waals surface area contributed by atoms with Crippen molar-refractivity contribution in [2.24, 2.45) is 0 Å². The Balaban J connectivity index is 4.60. The van der Waals surface area contributed by atoms with E-state index in [1.807, 2.05) is 13.8 Å². The minimum atomic E-state index is -0.991. The van der Waals surface area contributed by atoms with Crippen molar-refractivity contribution in [3.05, 3.63) is 11.1 Å². The smallest absolute Gasteiger partial charge is 0.334 e. The first-order valence-corrected chi connectivity index (χ1v) is 6.66. The van der Waals surface area contributed by atoms with Crippen LogP contribution in [0.15, 0.2) is 11.1 Å². The molecular weight excluding hydrogens is 232 g/mol. The van der Waals surface area contributed by atoms with Gasteiger partial charge >= 0.3 is 11.9 Å². The van der Waals surface area contributed by atoms with Gasteiger partial charge < -0.3 is 9.84 Å². The Kier molecular flexibility index (Phi) is 8.97. The van der Waals surface area contributed by atoms with Crippen LogP contribution in [0.3, 0.4) is 0 Å². The van der Waals surface area contributed by atoms with Gasteiger partial charge in [-0.3, -0.25) is 4.79 Å². The van der Waals surface area contributed by atoms with Gasteiger partial charge in [0.1, 0.15) is 0 Å². The van der Waals surface area contributed by atoms with Gasteiger partial charge in [-0.15, -0.1) is 0 Å². The number of aliphatic carboxylic acids is 1. The first-order valence-electron chi connectivity index (χ1n) is 6.66. The second-order valence-electron chi connectivity index (χ2n) is 4.20. The molecule has 0 atom stereocenters. The summed E-state index contributed by atoms with van der Waals surface area (Å²) >= 11 is 0. The van der Waals surface area contributed by atoms with Crippen molar-refractivity contribution in [3.8, 4) is 0 Å². The summed E-state index contributed by atoms with van der Waals surface area (Å²) in [6.45, 7) is 6.29. The highest BCUT2D eigenvalue weighted by atomic mass is 16.5. The van der Waals surface area contributed by atoms with E-state index in [1.54, 1.807) is 0 Å². The zero-order valence-electron chi connectivity index (χ0n) is 11.6. The van der Waals surface area contributed by atoms with Crippen LogP contribution < -0.4 is 0 Å². The van der Waals surface area contributed by atoms with E-state index < -0.39 is 11.9 Å². The molecule has 0 spiro atoms. The van der Waals surface area contributed by atoms with Gasteiger partial charge in [-0.2, -0.15) is 0 Å². The molecule has 18 heavy (non-hydrogen) atoms. The van der Waals surface area contributed by atoms with E-state index in [2.05, 4.69) is 6.92 Å². The van der Waals surface area contributed by atoms with Gasteiger partial charge in [-0.1, -0.05) is 39.2 Å². The topological polar surface area (TPSA) is 63.6 Å². The quantitative estimate of drug-likeness (QED) is 0.390. The molecule has 0 aromatic rings. The van der Waals surface area contributed by atoms with Crippen LogP contribution in [0.25, 0.3) is 0 Å². The monoisotopic (exact) mass is 256 g/mol. The molecule has 0 aliphatic heterocycles. The summed E-state index contributed by atoms with van der Waals surface area (Å²) in [7, 11) is 0. The maximum absolute atomic E-state index is 11.9. The Hall–Kier alpha value is -1.32. The third-order valence-electron chi connectivity index (χ3n) is 2.84. The summed E-state index contributed by atoms with van der Waals surface area (Å²) in [5.41, 5.74) is 1.20. The molecule has 0 bridgehead atoms. The molecule has 1 N–H and O–H groups in total. The van der Waals surface area contributed by atoms with Crippen LogP contribution in [0.5, 0.6) is 0 Å². The summed E-state index contributed by atoms with van der Waals surface area (Å²) in [5.74, 6) is -1.46. The van der Waals surface area contributed by atoms with Crippen LogP contribution in [0.4, 0.5) is 0 Å². The van der Waals surface area contributed by atoms with Gasteiger partial charge in [-0.05, 0) is 19.3 Å². The lowest BCUT2D eigenvalue weighted by molar-refractivity contribution is -0.143. The van der Waals surface area contributed by atoms with Crippen molar-refractivity contribution in [1.82, 2.24) is 0 Å². The number of carbonyl (C=O) groups excluding carboxylic acids is 1. The summed E-state index contributed by atoms with van der Waals surface area (Å²) in [6.07, 6.45) is 4.02. The second kappa shape index (κ2) is 9.68. The molecule has 0 unspecified atom stereocenters. The lowest BCUT2D eigenvalue weighted by Crippen LogP contribution is -2.14. The summed E-state index contributed by atoms with van der Waals surface area (Å²) in [5, 5.41) is 8.84. The Morgan fingerprint density at radius 3 is 2.11 bits per heavy atom. The fourth-order valence-electron chi connectivity index (χ4n) is 1.77. The molecule has 104 valence electrons. The molecule has 0 aromatic heterocycles.